The Morgan fingerprint density at radius 3 is 2.50 bits per heavy atom. The van der Waals surface area contributed by atoms with Crippen LogP contribution in [0.2, 0.25) is 0 Å². The van der Waals surface area contributed by atoms with Crippen molar-refractivity contribution in [3.8, 4) is 0 Å². The van der Waals surface area contributed by atoms with Crippen LogP contribution in [0.15, 0.2) is 15.7 Å². The van der Waals surface area contributed by atoms with Gasteiger partial charge in [-0.25, -0.2) is 8.42 Å². The van der Waals surface area contributed by atoms with E-state index in [0.29, 0.717) is 44.0 Å². The molecule has 8 nitrogen and oxygen atoms in total. The summed E-state index contributed by atoms with van der Waals surface area (Å²) in [4.78, 5) is 27.0. The summed E-state index contributed by atoms with van der Waals surface area (Å²) in [6.07, 6.45) is 5.07. The number of carbonyl (C=O) groups excluding carboxylic acids is 2. The van der Waals surface area contributed by atoms with Gasteiger partial charge in [-0.2, -0.15) is 4.31 Å². The number of rotatable bonds is 6. The fourth-order valence-corrected chi connectivity index (χ4v) is 7.38. The van der Waals surface area contributed by atoms with Crippen molar-refractivity contribution >= 4 is 33.2 Å². The van der Waals surface area contributed by atoms with E-state index in [9.17, 15) is 18.0 Å². The number of hydrogen-bond acceptors (Lipinski definition) is 6. The molecule has 3 aliphatic heterocycles. The van der Waals surface area contributed by atoms with Crippen LogP contribution < -0.4 is 5.32 Å². The van der Waals surface area contributed by atoms with Gasteiger partial charge in [-0.05, 0) is 50.5 Å². The SMILES string of the molecule is CC1CCN(C(=O)c2csc(S(=O)(=O)N3CCC(C(=O)NC[C@@H]4CCCO4)CC3)c2)CC1. The lowest BCUT2D eigenvalue weighted by Gasteiger charge is -2.30. The summed E-state index contributed by atoms with van der Waals surface area (Å²) < 4.78 is 33.4. The molecule has 2 amide bonds. The Kier molecular flexibility index (Phi) is 7.54. The van der Waals surface area contributed by atoms with Gasteiger partial charge in [-0.3, -0.25) is 9.59 Å². The molecule has 0 aliphatic carbocycles. The second-order valence-electron chi connectivity index (χ2n) is 9.19. The highest BCUT2D eigenvalue weighted by atomic mass is 32.2. The molecular formula is C22H33N3O5S2. The number of carbonyl (C=O) groups is 2. The van der Waals surface area contributed by atoms with Crippen LogP contribution in [0.3, 0.4) is 0 Å². The lowest BCUT2D eigenvalue weighted by atomic mass is 9.97. The molecule has 0 aromatic carbocycles. The number of piperidine rings is 2. The molecule has 32 heavy (non-hydrogen) atoms. The van der Waals surface area contributed by atoms with Crippen molar-refractivity contribution in [3.05, 3.63) is 17.0 Å². The van der Waals surface area contributed by atoms with E-state index in [0.717, 1.165) is 56.7 Å². The maximum Gasteiger partial charge on any atom is 0.254 e. The maximum absolute atomic E-state index is 13.1. The minimum Gasteiger partial charge on any atom is -0.376 e. The van der Waals surface area contributed by atoms with E-state index in [1.165, 1.54) is 10.4 Å². The lowest BCUT2D eigenvalue weighted by molar-refractivity contribution is -0.126. The van der Waals surface area contributed by atoms with Crippen LogP contribution in [0.25, 0.3) is 0 Å². The molecule has 3 aliphatic rings. The predicted octanol–water partition coefficient (Wildman–Crippen LogP) is 2.32. The first kappa shape index (κ1) is 23.7. The van der Waals surface area contributed by atoms with E-state index < -0.39 is 10.0 Å². The van der Waals surface area contributed by atoms with E-state index in [2.05, 4.69) is 12.2 Å². The summed E-state index contributed by atoms with van der Waals surface area (Å²) in [6, 6.07) is 1.51. The average molecular weight is 484 g/mol. The Morgan fingerprint density at radius 2 is 1.84 bits per heavy atom. The van der Waals surface area contributed by atoms with Crippen LogP contribution in [0.5, 0.6) is 0 Å². The van der Waals surface area contributed by atoms with Crippen molar-refractivity contribution in [2.24, 2.45) is 11.8 Å². The van der Waals surface area contributed by atoms with E-state index in [-0.39, 0.29) is 28.0 Å². The van der Waals surface area contributed by atoms with Crippen LogP contribution in [0, 0.1) is 11.8 Å². The van der Waals surface area contributed by atoms with Crippen molar-refractivity contribution < 1.29 is 22.7 Å². The normalized spacial score (nSPS) is 24.0. The van der Waals surface area contributed by atoms with Gasteiger partial charge in [0.25, 0.3) is 15.9 Å². The standard InChI is InChI=1S/C22H33N3O5S2/c1-16-4-8-24(9-5-16)22(27)18-13-20(31-15-18)32(28,29)25-10-6-17(7-11-25)21(26)23-14-19-3-2-12-30-19/h13,15-17,19H,2-12,14H2,1H3,(H,23,26)/t19-/m0/s1. The third-order valence-corrected chi connectivity index (χ3v) is 10.2. The van der Waals surface area contributed by atoms with Gasteiger partial charge in [0.2, 0.25) is 5.91 Å². The summed E-state index contributed by atoms with van der Waals surface area (Å²) in [5.74, 6) is 0.344. The molecule has 0 spiro atoms. The average Bonchev–Trinajstić information content (AvgIpc) is 3.50. The number of ether oxygens (including phenoxy) is 1. The Labute approximate surface area is 194 Å². The van der Waals surface area contributed by atoms with Gasteiger partial charge in [0, 0.05) is 50.6 Å². The fourth-order valence-electron chi connectivity index (χ4n) is 4.61. The summed E-state index contributed by atoms with van der Waals surface area (Å²) in [6.45, 7) is 5.54. The highest BCUT2D eigenvalue weighted by Crippen LogP contribution is 2.29. The zero-order valence-corrected chi connectivity index (χ0v) is 20.3. The molecule has 1 aromatic heterocycles. The van der Waals surface area contributed by atoms with Crippen molar-refractivity contribution in [2.75, 3.05) is 39.3 Å². The highest BCUT2D eigenvalue weighted by molar-refractivity contribution is 7.91. The monoisotopic (exact) mass is 483 g/mol. The summed E-state index contributed by atoms with van der Waals surface area (Å²) in [5.41, 5.74) is 0.450. The van der Waals surface area contributed by atoms with Gasteiger partial charge >= 0.3 is 0 Å². The Hall–Kier alpha value is -1.49. The zero-order valence-electron chi connectivity index (χ0n) is 18.6. The Morgan fingerprint density at radius 1 is 1.12 bits per heavy atom. The van der Waals surface area contributed by atoms with Crippen LogP contribution in [-0.2, 0) is 19.6 Å². The molecule has 0 bridgehead atoms. The first-order valence-corrected chi connectivity index (χ1v) is 13.9. The van der Waals surface area contributed by atoms with Crippen LogP contribution in [0.1, 0.15) is 55.8 Å². The number of sulfonamides is 1. The minimum absolute atomic E-state index is 0.0163. The van der Waals surface area contributed by atoms with Gasteiger partial charge in [0.1, 0.15) is 4.21 Å². The van der Waals surface area contributed by atoms with Gasteiger partial charge in [-0.15, -0.1) is 11.3 Å². The number of nitrogens with zero attached hydrogens (tertiary/aromatic N) is 2. The number of thiophene rings is 1. The maximum atomic E-state index is 13.1. The smallest absolute Gasteiger partial charge is 0.254 e. The number of amides is 2. The van der Waals surface area contributed by atoms with Crippen LogP contribution in [0.4, 0.5) is 0 Å². The molecule has 10 heteroatoms. The molecule has 0 radical (unpaired) electrons. The van der Waals surface area contributed by atoms with Crippen molar-refractivity contribution in [3.63, 3.8) is 0 Å². The predicted molar refractivity (Wildman–Crippen MR) is 122 cm³/mol. The minimum atomic E-state index is -3.66. The largest absolute Gasteiger partial charge is 0.376 e. The van der Waals surface area contributed by atoms with Gasteiger partial charge in [-0.1, -0.05) is 6.92 Å². The van der Waals surface area contributed by atoms with Gasteiger partial charge < -0.3 is 15.0 Å². The molecule has 4 rings (SSSR count). The molecule has 1 atom stereocenters. The molecule has 4 heterocycles. The van der Waals surface area contributed by atoms with E-state index >= 15 is 0 Å². The molecule has 0 unspecified atom stereocenters. The Balaban J connectivity index is 1.30. The van der Waals surface area contributed by atoms with Crippen LogP contribution >= 0.6 is 11.3 Å². The van der Waals surface area contributed by atoms with Crippen molar-refractivity contribution in [1.82, 2.24) is 14.5 Å². The first-order valence-electron chi connectivity index (χ1n) is 11.6. The molecule has 1 N–H and O–H groups in total. The number of likely N-dealkylation sites (tertiary alicyclic amines) is 1. The van der Waals surface area contributed by atoms with E-state index in [1.807, 2.05) is 4.90 Å². The molecule has 1 aromatic rings. The second-order valence-corrected chi connectivity index (χ2v) is 12.3. The van der Waals surface area contributed by atoms with Crippen molar-refractivity contribution in [2.45, 2.75) is 55.8 Å². The number of hydrogen-bond donors (Lipinski definition) is 1. The van der Waals surface area contributed by atoms with E-state index in [4.69, 9.17) is 4.74 Å². The summed E-state index contributed by atoms with van der Waals surface area (Å²) >= 11 is 1.10. The quantitative estimate of drug-likeness (QED) is 0.670. The summed E-state index contributed by atoms with van der Waals surface area (Å²) in [7, 11) is -3.66. The fraction of sp³-hybridized carbons (Fsp3) is 0.727. The molecular weight excluding hydrogens is 450 g/mol. The third-order valence-electron chi connectivity index (χ3n) is 6.84. The first-order chi connectivity index (χ1) is 15.3. The van der Waals surface area contributed by atoms with Crippen LogP contribution in [-0.4, -0.2) is 74.9 Å². The topological polar surface area (TPSA) is 96.0 Å². The molecule has 0 saturated carbocycles. The third kappa shape index (κ3) is 5.35. The van der Waals surface area contributed by atoms with Gasteiger partial charge in [0.05, 0.1) is 11.7 Å². The van der Waals surface area contributed by atoms with Crippen molar-refractivity contribution in [1.29, 1.82) is 0 Å². The zero-order chi connectivity index (χ0) is 22.7. The second kappa shape index (κ2) is 10.2. The lowest BCUT2D eigenvalue weighted by Crippen LogP contribution is -2.44. The van der Waals surface area contributed by atoms with Gasteiger partial charge in [0.15, 0.2) is 0 Å². The highest BCUT2D eigenvalue weighted by Gasteiger charge is 2.34. The Bertz CT molecular complexity index is 910. The summed E-state index contributed by atoms with van der Waals surface area (Å²) in [5, 5.41) is 4.61. The van der Waals surface area contributed by atoms with E-state index in [1.54, 1.807) is 5.38 Å². The molecule has 3 saturated heterocycles. The number of nitrogens with one attached hydrogen (secondary N) is 1. The molecule has 178 valence electrons. The molecule has 3 fully saturated rings.